The molecule has 1 heterocycles. The van der Waals surface area contributed by atoms with E-state index in [1.165, 1.54) is 38.1 Å². The Morgan fingerprint density at radius 3 is 2.05 bits per heavy atom. The molecule has 0 fully saturated rings. The van der Waals surface area contributed by atoms with Crippen molar-refractivity contribution in [3.05, 3.63) is 59.4 Å². The summed E-state index contributed by atoms with van der Waals surface area (Å²) in [6.07, 6.45) is -3.24. The molecule has 1 N–H and O–H groups in total. The van der Waals surface area contributed by atoms with Crippen LogP contribution in [0.1, 0.15) is 43.4 Å². The molecule has 1 aromatic carbocycles. The van der Waals surface area contributed by atoms with Gasteiger partial charge in [-0.25, -0.2) is 0 Å². The lowest BCUT2D eigenvalue weighted by molar-refractivity contribution is -0.157. The van der Waals surface area contributed by atoms with Crippen LogP contribution in [0.2, 0.25) is 0 Å². The molecule has 0 spiro atoms. The Morgan fingerprint density at radius 2 is 1.57 bits per heavy atom. The van der Waals surface area contributed by atoms with Gasteiger partial charge in [0.05, 0.1) is 42.3 Å². The van der Waals surface area contributed by atoms with E-state index in [4.69, 9.17) is 14.7 Å². The van der Waals surface area contributed by atoms with Crippen molar-refractivity contribution in [3.8, 4) is 6.07 Å². The van der Waals surface area contributed by atoms with Gasteiger partial charge in [0.2, 0.25) is 5.91 Å². The number of nitrogens with one attached hydrogen (secondary N) is 1. The molecule has 3 atom stereocenters. The van der Waals surface area contributed by atoms with E-state index < -0.39 is 53.1 Å². The van der Waals surface area contributed by atoms with Crippen LogP contribution in [0.3, 0.4) is 0 Å². The molecule has 0 saturated heterocycles. The van der Waals surface area contributed by atoms with Gasteiger partial charge in [-0.3, -0.25) is 24.2 Å². The van der Waals surface area contributed by atoms with E-state index in [0.717, 1.165) is 13.1 Å². The lowest BCUT2D eigenvalue weighted by Crippen LogP contribution is -2.43. The third-order valence-corrected chi connectivity index (χ3v) is 5.28. The molecule has 0 aliphatic heterocycles. The number of halogens is 3. The fourth-order valence-corrected chi connectivity index (χ4v) is 3.69. The zero-order chi connectivity index (χ0) is 27.8. The first-order valence-electron chi connectivity index (χ1n) is 11.1. The van der Waals surface area contributed by atoms with Crippen LogP contribution in [0, 0.1) is 23.2 Å². The van der Waals surface area contributed by atoms with E-state index in [0.29, 0.717) is 12.3 Å². The third-order valence-electron chi connectivity index (χ3n) is 5.28. The average molecular weight is 519 g/mol. The monoisotopic (exact) mass is 519 g/mol. The number of alkyl halides is 3. The Hall–Kier alpha value is -4.27. The fraction of sp³-hybridized carbons (Fsp3) is 0.360. The first kappa shape index (κ1) is 29.0. The third kappa shape index (κ3) is 7.36. The molecule has 0 bridgehead atoms. The summed E-state index contributed by atoms with van der Waals surface area (Å²) >= 11 is 0. The minimum atomic E-state index is -4.75. The van der Waals surface area contributed by atoms with E-state index in [1.54, 1.807) is 0 Å². The van der Waals surface area contributed by atoms with E-state index in [9.17, 15) is 32.3 Å². The summed E-state index contributed by atoms with van der Waals surface area (Å²) in [6.45, 7) is 3.78. The second-order valence-corrected chi connectivity index (χ2v) is 7.78. The lowest BCUT2D eigenvalue weighted by atomic mass is 9.74. The van der Waals surface area contributed by atoms with Crippen molar-refractivity contribution in [2.45, 2.75) is 32.9 Å². The second-order valence-electron chi connectivity index (χ2n) is 7.78. The number of anilines is 1. The van der Waals surface area contributed by atoms with Crippen LogP contribution in [0.4, 0.5) is 18.9 Å². The van der Waals surface area contributed by atoms with Gasteiger partial charge in [0, 0.05) is 12.1 Å². The molecule has 0 saturated carbocycles. The van der Waals surface area contributed by atoms with Crippen molar-refractivity contribution in [3.63, 3.8) is 0 Å². The fourth-order valence-electron chi connectivity index (χ4n) is 3.69. The molecule has 1 amide bonds. The molecular formula is C25H24F3N3O6. The van der Waals surface area contributed by atoms with Gasteiger partial charge in [-0.05, 0) is 44.5 Å². The number of pyridine rings is 1. The molecule has 2 aromatic rings. The molecule has 0 aliphatic carbocycles. The highest BCUT2D eigenvalue weighted by molar-refractivity contribution is 6.08. The zero-order valence-electron chi connectivity index (χ0n) is 20.2. The molecule has 9 nitrogen and oxygen atoms in total. The summed E-state index contributed by atoms with van der Waals surface area (Å²) in [4.78, 5) is 55.4. The van der Waals surface area contributed by atoms with Crippen LogP contribution in [0.15, 0.2) is 42.7 Å². The number of hydrogen-bond donors (Lipinski definition) is 1. The summed E-state index contributed by atoms with van der Waals surface area (Å²) in [7, 11) is 0. The van der Waals surface area contributed by atoms with Crippen LogP contribution in [0.5, 0.6) is 0 Å². The first-order valence-corrected chi connectivity index (χ1v) is 11.1. The number of nitrogens with zero attached hydrogens (tertiary/aromatic N) is 2. The summed E-state index contributed by atoms with van der Waals surface area (Å²) in [5.41, 5.74) is -1.13. The molecule has 12 heteroatoms. The van der Waals surface area contributed by atoms with E-state index >= 15 is 0 Å². The Labute approximate surface area is 210 Å². The number of esters is 2. The number of ketones is 1. The second kappa shape index (κ2) is 12.6. The van der Waals surface area contributed by atoms with Gasteiger partial charge < -0.3 is 14.8 Å². The molecule has 196 valence electrons. The topological polar surface area (TPSA) is 135 Å². The largest absolute Gasteiger partial charge is 0.465 e. The van der Waals surface area contributed by atoms with Crippen molar-refractivity contribution >= 4 is 29.3 Å². The highest BCUT2D eigenvalue weighted by Crippen LogP contribution is 2.37. The Kier molecular flexibility index (Phi) is 9.88. The number of carbonyl (C=O) groups is 4. The number of Topliss-reactive ketones (excluding diaryl/α,β-unsaturated/α-hetero) is 1. The first-order chi connectivity index (χ1) is 17.4. The van der Waals surface area contributed by atoms with Gasteiger partial charge in [0.15, 0.2) is 0 Å². The lowest BCUT2D eigenvalue weighted by Gasteiger charge is -2.30. The summed E-state index contributed by atoms with van der Waals surface area (Å²) in [6, 6.07) is 7.98. The minimum Gasteiger partial charge on any atom is -0.465 e. The molecular weight excluding hydrogens is 495 g/mol. The van der Waals surface area contributed by atoms with Crippen LogP contribution in [-0.2, 0) is 34.8 Å². The van der Waals surface area contributed by atoms with Crippen LogP contribution >= 0.6 is 0 Å². The number of carbonyl (C=O) groups excluding carboxylic acids is 4. The maximum atomic E-state index is 13.4. The molecule has 0 radical (unpaired) electrons. The summed E-state index contributed by atoms with van der Waals surface area (Å²) < 4.78 is 49.4. The number of nitriles is 1. The maximum Gasteiger partial charge on any atom is 0.417 e. The summed E-state index contributed by atoms with van der Waals surface area (Å²) in [5.74, 6) is -8.97. The van der Waals surface area contributed by atoms with Crippen molar-refractivity contribution in [1.82, 2.24) is 4.98 Å². The Morgan fingerprint density at radius 1 is 1.00 bits per heavy atom. The predicted molar refractivity (Wildman–Crippen MR) is 123 cm³/mol. The number of benzene rings is 1. The highest BCUT2D eigenvalue weighted by Gasteiger charge is 2.47. The number of ether oxygens (including phenoxy) is 2. The van der Waals surface area contributed by atoms with Gasteiger partial charge in [0.25, 0.3) is 0 Å². The number of amides is 1. The number of hydrogen-bond acceptors (Lipinski definition) is 8. The predicted octanol–water partition coefficient (Wildman–Crippen LogP) is 3.64. The standard InChI is InChI=1S/C25H24F3N3O6/c1-4-36-23(34)19(14(3)32)20(16-8-6-15(11-29)7-9-16)21(24(35)37-5-2)22(33)31-18-10-17(12-30-13-18)25(26,27)28/h6-10,12-13,19-21H,4-5H2,1-3H3,(H,31,33). The highest BCUT2D eigenvalue weighted by atomic mass is 19.4. The SMILES string of the molecule is CCOC(=O)C(C(C)=O)C(c1ccc(C#N)cc1)C(C(=O)Nc1cncc(C(F)(F)F)c1)C(=O)OCC. The van der Waals surface area contributed by atoms with Crippen molar-refractivity contribution < 1.29 is 41.8 Å². The quantitative estimate of drug-likeness (QED) is 0.371. The molecule has 0 aliphatic rings. The summed E-state index contributed by atoms with van der Waals surface area (Å²) in [5, 5.41) is 11.3. The number of aromatic nitrogens is 1. The van der Waals surface area contributed by atoms with E-state index in [-0.39, 0.29) is 30.0 Å². The molecule has 1 aromatic heterocycles. The normalized spacial score (nSPS) is 13.4. The minimum absolute atomic E-state index is 0.102. The Balaban J connectivity index is 2.67. The van der Waals surface area contributed by atoms with Crippen LogP contribution < -0.4 is 5.32 Å². The number of rotatable bonds is 10. The Bertz CT molecular complexity index is 1190. The van der Waals surface area contributed by atoms with Crippen LogP contribution in [-0.4, -0.2) is 41.8 Å². The smallest absolute Gasteiger partial charge is 0.417 e. The van der Waals surface area contributed by atoms with Crippen molar-refractivity contribution in [1.29, 1.82) is 5.26 Å². The van der Waals surface area contributed by atoms with E-state index in [1.807, 2.05) is 6.07 Å². The molecule has 37 heavy (non-hydrogen) atoms. The van der Waals surface area contributed by atoms with Gasteiger partial charge in [-0.2, -0.15) is 18.4 Å². The molecule has 3 unspecified atom stereocenters. The van der Waals surface area contributed by atoms with Gasteiger partial charge in [-0.1, -0.05) is 12.1 Å². The van der Waals surface area contributed by atoms with Crippen molar-refractivity contribution in [2.24, 2.45) is 11.8 Å². The zero-order valence-corrected chi connectivity index (χ0v) is 20.2. The van der Waals surface area contributed by atoms with Crippen LogP contribution in [0.25, 0.3) is 0 Å². The van der Waals surface area contributed by atoms with Gasteiger partial charge >= 0.3 is 18.1 Å². The maximum absolute atomic E-state index is 13.4. The average Bonchev–Trinajstić information content (AvgIpc) is 2.83. The van der Waals surface area contributed by atoms with E-state index in [2.05, 4.69) is 10.3 Å². The van der Waals surface area contributed by atoms with Crippen molar-refractivity contribution in [2.75, 3.05) is 18.5 Å². The molecule has 2 rings (SSSR count). The van der Waals surface area contributed by atoms with Gasteiger partial charge in [0.1, 0.15) is 17.6 Å². The van der Waals surface area contributed by atoms with Gasteiger partial charge in [-0.15, -0.1) is 0 Å².